The lowest BCUT2D eigenvalue weighted by atomic mass is 9.96. The first kappa shape index (κ1) is 22.2. The summed E-state index contributed by atoms with van der Waals surface area (Å²) in [5, 5.41) is 3.24. The van der Waals surface area contributed by atoms with E-state index in [2.05, 4.69) is 10.2 Å². The lowest BCUT2D eigenvalue weighted by Crippen LogP contribution is -2.48. The van der Waals surface area contributed by atoms with E-state index < -0.39 is 10.0 Å². The van der Waals surface area contributed by atoms with E-state index in [1.807, 2.05) is 24.3 Å². The van der Waals surface area contributed by atoms with Crippen LogP contribution in [-0.4, -0.2) is 61.5 Å². The van der Waals surface area contributed by atoms with Crippen molar-refractivity contribution < 1.29 is 13.2 Å². The summed E-state index contributed by atoms with van der Waals surface area (Å²) in [6.45, 7) is 4.95. The van der Waals surface area contributed by atoms with Gasteiger partial charge in [-0.25, -0.2) is 8.42 Å². The van der Waals surface area contributed by atoms with E-state index in [0.717, 1.165) is 43.6 Å². The van der Waals surface area contributed by atoms with Crippen LogP contribution in [0.15, 0.2) is 24.3 Å². The third kappa shape index (κ3) is 6.52. The molecule has 1 aromatic carbocycles. The number of nitrogens with zero attached hydrogens (tertiary/aromatic N) is 2. The lowest BCUT2D eigenvalue weighted by Gasteiger charge is -2.33. The zero-order valence-corrected chi connectivity index (χ0v) is 18.4. The summed E-state index contributed by atoms with van der Waals surface area (Å²) >= 11 is 0. The fraction of sp³-hybridized carbons (Fsp3) is 0.682. The number of sulfonamides is 1. The van der Waals surface area contributed by atoms with Gasteiger partial charge in [0.05, 0.1) is 5.75 Å². The third-order valence-corrected chi connectivity index (χ3v) is 8.01. The SMILES string of the molecule is CCS(=O)(=O)N1CCN(Cc2cccc(C(=O)NC3CCCCCCC3)c2)CC1. The minimum atomic E-state index is -3.10. The highest BCUT2D eigenvalue weighted by molar-refractivity contribution is 7.89. The number of benzene rings is 1. The summed E-state index contributed by atoms with van der Waals surface area (Å²) in [6, 6.07) is 8.14. The normalized spacial score (nSPS) is 20.7. The standard InChI is InChI=1S/C22H35N3O3S/c1-2-29(27,28)25-15-13-24(14-16-25)18-19-9-8-10-20(17-19)22(26)23-21-11-6-4-3-5-7-12-21/h8-10,17,21H,2-7,11-16,18H2,1H3,(H,23,26). The van der Waals surface area contributed by atoms with Crippen LogP contribution in [0.4, 0.5) is 0 Å². The molecule has 1 saturated carbocycles. The van der Waals surface area contributed by atoms with Crippen LogP contribution in [0.2, 0.25) is 0 Å². The van der Waals surface area contributed by atoms with Crippen LogP contribution in [0.1, 0.15) is 67.8 Å². The molecular formula is C22H35N3O3S. The number of piperazine rings is 1. The Morgan fingerprint density at radius 3 is 2.34 bits per heavy atom. The van der Waals surface area contributed by atoms with E-state index in [4.69, 9.17) is 0 Å². The van der Waals surface area contributed by atoms with E-state index in [1.165, 1.54) is 32.1 Å². The molecule has 1 amide bonds. The van der Waals surface area contributed by atoms with Gasteiger partial charge in [0.25, 0.3) is 5.91 Å². The van der Waals surface area contributed by atoms with E-state index in [9.17, 15) is 13.2 Å². The minimum Gasteiger partial charge on any atom is -0.349 e. The van der Waals surface area contributed by atoms with Crippen LogP contribution in [-0.2, 0) is 16.6 Å². The monoisotopic (exact) mass is 421 g/mol. The number of rotatable bonds is 6. The van der Waals surface area contributed by atoms with Crippen molar-refractivity contribution in [3.05, 3.63) is 35.4 Å². The number of hydrogen-bond acceptors (Lipinski definition) is 4. The first-order valence-corrected chi connectivity index (χ1v) is 12.7. The van der Waals surface area contributed by atoms with Gasteiger partial charge < -0.3 is 5.32 Å². The minimum absolute atomic E-state index is 0.0243. The second-order valence-electron chi connectivity index (χ2n) is 8.29. The molecule has 7 heteroatoms. The summed E-state index contributed by atoms with van der Waals surface area (Å²) in [5.41, 5.74) is 1.82. The first-order chi connectivity index (χ1) is 14.0. The number of carbonyl (C=O) groups is 1. The Kier molecular flexibility index (Phi) is 8.09. The van der Waals surface area contributed by atoms with Gasteiger partial charge >= 0.3 is 0 Å². The largest absolute Gasteiger partial charge is 0.349 e. The molecule has 1 aromatic rings. The molecule has 0 unspecified atom stereocenters. The Balaban J connectivity index is 1.53. The van der Waals surface area contributed by atoms with Gasteiger partial charge in [0.15, 0.2) is 0 Å². The topological polar surface area (TPSA) is 69.7 Å². The molecule has 1 N–H and O–H groups in total. The van der Waals surface area contributed by atoms with Crippen molar-refractivity contribution in [2.75, 3.05) is 31.9 Å². The van der Waals surface area contributed by atoms with E-state index in [1.54, 1.807) is 11.2 Å². The molecular weight excluding hydrogens is 386 g/mol. The molecule has 0 radical (unpaired) electrons. The van der Waals surface area contributed by atoms with Crippen LogP contribution in [0.25, 0.3) is 0 Å². The van der Waals surface area contributed by atoms with Gasteiger partial charge in [0, 0.05) is 44.3 Å². The Morgan fingerprint density at radius 1 is 1.03 bits per heavy atom. The summed E-state index contributed by atoms with van der Waals surface area (Å²) in [7, 11) is -3.10. The molecule has 1 aliphatic heterocycles. The van der Waals surface area contributed by atoms with E-state index in [0.29, 0.717) is 19.1 Å². The second-order valence-corrected chi connectivity index (χ2v) is 10.5. The van der Waals surface area contributed by atoms with Gasteiger partial charge in [-0.3, -0.25) is 9.69 Å². The molecule has 29 heavy (non-hydrogen) atoms. The Morgan fingerprint density at radius 2 is 1.69 bits per heavy atom. The zero-order chi connectivity index (χ0) is 20.7. The molecule has 1 saturated heterocycles. The van der Waals surface area contributed by atoms with Crippen molar-refractivity contribution in [1.82, 2.24) is 14.5 Å². The average Bonchev–Trinajstić information content (AvgIpc) is 2.70. The predicted molar refractivity (Wildman–Crippen MR) is 116 cm³/mol. The molecule has 0 atom stereocenters. The quantitative estimate of drug-likeness (QED) is 0.767. The molecule has 0 bridgehead atoms. The molecule has 6 nitrogen and oxygen atoms in total. The Bertz CT molecular complexity index is 765. The molecule has 1 heterocycles. The highest BCUT2D eigenvalue weighted by atomic mass is 32.2. The number of carbonyl (C=O) groups excluding carboxylic acids is 1. The Labute approximate surface area is 175 Å². The predicted octanol–water partition coefficient (Wildman–Crippen LogP) is 3.00. The summed E-state index contributed by atoms with van der Waals surface area (Å²) in [5.74, 6) is 0.182. The van der Waals surface area contributed by atoms with Gasteiger partial charge in [-0.15, -0.1) is 0 Å². The summed E-state index contributed by atoms with van der Waals surface area (Å²) in [6.07, 6.45) is 8.42. The summed E-state index contributed by atoms with van der Waals surface area (Å²) in [4.78, 5) is 15.0. The van der Waals surface area contributed by atoms with Crippen molar-refractivity contribution in [2.24, 2.45) is 0 Å². The summed E-state index contributed by atoms with van der Waals surface area (Å²) < 4.78 is 25.6. The highest BCUT2D eigenvalue weighted by Crippen LogP contribution is 2.18. The highest BCUT2D eigenvalue weighted by Gasteiger charge is 2.25. The maximum atomic E-state index is 12.7. The maximum absolute atomic E-state index is 12.7. The molecule has 2 aliphatic rings. The van der Waals surface area contributed by atoms with Crippen molar-refractivity contribution in [1.29, 1.82) is 0 Å². The van der Waals surface area contributed by atoms with Gasteiger partial charge in [-0.05, 0) is 37.5 Å². The molecule has 1 aliphatic carbocycles. The molecule has 0 aromatic heterocycles. The smallest absolute Gasteiger partial charge is 0.251 e. The molecule has 3 rings (SSSR count). The number of nitrogens with one attached hydrogen (secondary N) is 1. The number of amides is 1. The molecule has 162 valence electrons. The van der Waals surface area contributed by atoms with E-state index in [-0.39, 0.29) is 11.7 Å². The van der Waals surface area contributed by atoms with Gasteiger partial charge in [-0.1, -0.05) is 44.2 Å². The van der Waals surface area contributed by atoms with Crippen molar-refractivity contribution in [3.8, 4) is 0 Å². The zero-order valence-electron chi connectivity index (χ0n) is 17.6. The van der Waals surface area contributed by atoms with Crippen molar-refractivity contribution in [3.63, 3.8) is 0 Å². The fourth-order valence-corrected chi connectivity index (χ4v) is 5.37. The van der Waals surface area contributed by atoms with Gasteiger partial charge in [0.1, 0.15) is 0 Å². The van der Waals surface area contributed by atoms with Crippen LogP contribution in [0, 0.1) is 0 Å². The first-order valence-electron chi connectivity index (χ1n) is 11.1. The van der Waals surface area contributed by atoms with Crippen LogP contribution < -0.4 is 5.32 Å². The average molecular weight is 422 g/mol. The van der Waals surface area contributed by atoms with Crippen LogP contribution >= 0.6 is 0 Å². The van der Waals surface area contributed by atoms with E-state index >= 15 is 0 Å². The maximum Gasteiger partial charge on any atom is 0.251 e. The van der Waals surface area contributed by atoms with Gasteiger partial charge in [-0.2, -0.15) is 4.31 Å². The lowest BCUT2D eigenvalue weighted by molar-refractivity contribution is 0.0930. The molecule has 2 fully saturated rings. The second kappa shape index (κ2) is 10.5. The van der Waals surface area contributed by atoms with Crippen molar-refractivity contribution in [2.45, 2.75) is 64.5 Å². The van der Waals surface area contributed by atoms with Gasteiger partial charge in [0.2, 0.25) is 10.0 Å². The Hall–Kier alpha value is -1.44. The third-order valence-electron chi connectivity index (χ3n) is 6.13. The van der Waals surface area contributed by atoms with Crippen molar-refractivity contribution >= 4 is 15.9 Å². The van der Waals surface area contributed by atoms with Crippen LogP contribution in [0.5, 0.6) is 0 Å². The van der Waals surface area contributed by atoms with Crippen LogP contribution in [0.3, 0.4) is 0 Å². The number of hydrogen-bond donors (Lipinski definition) is 1. The molecule has 0 spiro atoms. The fourth-order valence-electron chi connectivity index (χ4n) is 4.29.